The molecule has 1 aliphatic heterocycles. The molecule has 3 nitrogen and oxygen atoms in total. The Morgan fingerprint density at radius 3 is 2.60 bits per heavy atom. The van der Waals surface area contributed by atoms with Gasteiger partial charge in [0.1, 0.15) is 17.2 Å². The number of unbranched alkanes of at least 4 members (excludes halogenated alkanes) is 1. The Balaban J connectivity index is 1.37. The molecule has 0 amide bonds. The van der Waals surface area contributed by atoms with Crippen molar-refractivity contribution in [1.29, 1.82) is 0 Å². The molecule has 0 saturated carbocycles. The summed E-state index contributed by atoms with van der Waals surface area (Å²) in [5.74, 6) is 3.44. The lowest BCUT2D eigenvalue weighted by molar-refractivity contribution is -0.908. The molecule has 3 heteroatoms. The first kappa shape index (κ1) is 17.8. The van der Waals surface area contributed by atoms with Crippen molar-refractivity contribution in [3.8, 4) is 17.2 Å². The van der Waals surface area contributed by atoms with E-state index in [4.69, 9.17) is 9.47 Å². The molecule has 1 N–H and O–H groups in total. The Morgan fingerprint density at radius 2 is 1.76 bits per heavy atom. The number of hydrogen-bond donors (Lipinski definition) is 1. The summed E-state index contributed by atoms with van der Waals surface area (Å²) in [6.07, 6.45) is 5.15. The highest BCUT2D eigenvalue weighted by Crippen LogP contribution is 2.25. The molecule has 0 aromatic heterocycles. The minimum Gasteiger partial charge on any atom is -0.493 e. The van der Waals surface area contributed by atoms with Gasteiger partial charge in [-0.2, -0.15) is 0 Å². The van der Waals surface area contributed by atoms with Crippen molar-refractivity contribution in [3.63, 3.8) is 0 Å². The van der Waals surface area contributed by atoms with Crippen LogP contribution < -0.4 is 14.4 Å². The lowest BCUT2D eigenvalue weighted by Gasteiger charge is -2.27. The third-order valence-electron chi connectivity index (χ3n) is 4.84. The molecule has 3 rings (SSSR count). The number of nitrogens with one attached hydrogen (secondary N) is 1. The van der Waals surface area contributed by atoms with E-state index in [0.29, 0.717) is 0 Å². The fourth-order valence-electron chi connectivity index (χ4n) is 3.54. The molecule has 1 aliphatic rings. The van der Waals surface area contributed by atoms with Crippen molar-refractivity contribution < 1.29 is 14.4 Å². The maximum absolute atomic E-state index is 5.91. The van der Waals surface area contributed by atoms with Gasteiger partial charge < -0.3 is 14.4 Å². The first-order chi connectivity index (χ1) is 12.3. The molecule has 1 fully saturated rings. The van der Waals surface area contributed by atoms with Gasteiger partial charge in [-0.15, -0.1) is 0 Å². The average molecular weight is 340 g/mol. The molecule has 0 bridgehead atoms. The Kier molecular flexibility index (Phi) is 6.75. The molecule has 1 heterocycles. The Labute approximate surface area is 151 Å². The average Bonchev–Trinajstić information content (AvgIpc) is 2.63. The van der Waals surface area contributed by atoms with Crippen LogP contribution in [-0.4, -0.2) is 26.2 Å². The molecule has 1 saturated heterocycles. The minimum atomic E-state index is 0.775. The summed E-state index contributed by atoms with van der Waals surface area (Å²) in [5.41, 5.74) is 0. The highest BCUT2D eigenvalue weighted by molar-refractivity contribution is 5.36. The minimum absolute atomic E-state index is 0.775. The highest BCUT2D eigenvalue weighted by atomic mass is 16.5. The normalized spacial score (nSPS) is 20.2. The molecule has 134 valence electrons. The van der Waals surface area contributed by atoms with Crippen LogP contribution in [0.25, 0.3) is 0 Å². The Morgan fingerprint density at radius 1 is 0.960 bits per heavy atom. The molecule has 0 aliphatic carbocycles. The Hall–Kier alpha value is -2.00. The van der Waals surface area contributed by atoms with E-state index >= 15 is 0 Å². The van der Waals surface area contributed by atoms with E-state index in [9.17, 15) is 0 Å². The third-order valence-corrected chi connectivity index (χ3v) is 4.84. The predicted molar refractivity (Wildman–Crippen MR) is 102 cm³/mol. The molecule has 1 unspecified atom stereocenters. The zero-order chi connectivity index (χ0) is 17.3. The summed E-state index contributed by atoms with van der Waals surface area (Å²) in [6.45, 7) is 7.14. The number of hydrogen-bond acceptors (Lipinski definition) is 2. The van der Waals surface area contributed by atoms with Gasteiger partial charge in [-0.1, -0.05) is 31.2 Å². The molecule has 0 radical (unpaired) electrons. The van der Waals surface area contributed by atoms with E-state index in [2.05, 4.69) is 6.92 Å². The topological polar surface area (TPSA) is 22.9 Å². The number of piperidine rings is 1. The second kappa shape index (κ2) is 9.47. The van der Waals surface area contributed by atoms with Crippen LogP contribution in [0.2, 0.25) is 0 Å². The fraction of sp³-hybridized carbons (Fsp3) is 0.455. The Bertz CT molecular complexity index is 629. The number of benzene rings is 2. The monoisotopic (exact) mass is 340 g/mol. The maximum atomic E-state index is 5.91. The standard InChI is InChI=1S/C22H29NO2/c1-19-9-8-15-23(18-19)14-5-6-16-24-21-12-7-13-22(17-21)25-20-10-3-2-4-11-20/h2-4,7,10-13,17,19H,5-6,8-9,14-16,18H2,1H3/p+1/t19-/m0/s1. The van der Waals surface area contributed by atoms with Crippen LogP contribution in [0, 0.1) is 5.92 Å². The highest BCUT2D eigenvalue weighted by Gasteiger charge is 2.18. The van der Waals surface area contributed by atoms with Gasteiger partial charge in [-0.05, 0) is 49.9 Å². The SMILES string of the molecule is C[C@H]1CCC[NH+](CCCCOc2cccc(Oc3ccccc3)c2)C1. The summed E-state index contributed by atoms with van der Waals surface area (Å²) >= 11 is 0. The van der Waals surface area contributed by atoms with Gasteiger partial charge >= 0.3 is 0 Å². The lowest BCUT2D eigenvalue weighted by atomic mass is 10.0. The van der Waals surface area contributed by atoms with E-state index < -0.39 is 0 Å². The van der Waals surface area contributed by atoms with Crippen molar-refractivity contribution in [2.24, 2.45) is 5.92 Å². The molecular formula is C22H30NO2+. The number of quaternary nitrogens is 1. The van der Waals surface area contributed by atoms with Crippen molar-refractivity contribution >= 4 is 0 Å². The van der Waals surface area contributed by atoms with Gasteiger partial charge in [-0.25, -0.2) is 0 Å². The van der Waals surface area contributed by atoms with Crippen molar-refractivity contribution in [2.45, 2.75) is 32.6 Å². The van der Waals surface area contributed by atoms with E-state index in [0.717, 1.165) is 36.2 Å². The zero-order valence-corrected chi connectivity index (χ0v) is 15.2. The molecular weight excluding hydrogens is 310 g/mol. The van der Waals surface area contributed by atoms with E-state index in [1.54, 1.807) is 4.90 Å². The van der Waals surface area contributed by atoms with E-state index in [1.165, 1.54) is 38.9 Å². The van der Waals surface area contributed by atoms with Crippen LogP contribution in [0.15, 0.2) is 54.6 Å². The van der Waals surface area contributed by atoms with E-state index in [-0.39, 0.29) is 0 Å². The van der Waals surface area contributed by atoms with Gasteiger partial charge in [0, 0.05) is 12.0 Å². The van der Waals surface area contributed by atoms with Crippen LogP contribution in [0.1, 0.15) is 32.6 Å². The summed E-state index contributed by atoms with van der Waals surface area (Å²) < 4.78 is 11.8. The number of rotatable bonds is 8. The van der Waals surface area contributed by atoms with Crippen LogP contribution in [0.4, 0.5) is 0 Å². The smallest absolute Gasteiger partial charge is 0.131 e. The number of ether oxygens (including phenoxy) is 2. The quantitative estimate of drug-likeness (QED) is 0.735. The zero-order valence-electron chi connectivity index (χ0n) is 15.2. The third kappa shape index (κ3) is 6.09. The maximum Gasteiger partial charge on any atom is 0.131 e. The summed E-state index contributed by atoms with van der Waals surface area (Å²) in [5, 5.41) is 0. The van der Waals surface area contributed by atoms with Gasteiger partial charge in [0.15, 0.2) is 0 Å². The predicted octanol–water partition coefficient (Wildman–Crippen LogP) is 3.95. The summed E-state index contributed by atoms with van der Waals surface area (Å²) in [6, 6.07) is 17.7. The summed E-state index contributed by atoms with van der Waals surface area (Å²) in [4.78, 5) is 1.78. The van der Waals surface area contributed by atoms with Gasteiger partial charge in [0.2, 0.25) is 0 Å². The molecule has 2 atom stereocenters. The van der Waals surface area contributed by atoms with Crippen molar-refractivity contribution in [2.75, 3.05) is 26.2 Å². The lowest BCUT2D eigenvalue weighted by Crippen LogP contribution is -3.13. The van der Waals surface area contributed by atoms with Crippen molar-refractivity contribution in [3.05, 3.63) is 54.6 Å². The van der Waals surface area contributed by atoms with Crippen molar-refractivity contribution in [1.82, 2.24) is 0 Å². The molecule has 25 heavy (non-hydrogen) atoms. The van der Waals surface area contributed by atoms with Crippen LogP contribution in [-0.2, 0) is 0 Å². The van der Waals surface area contributed by atoms with Crippen LogP contribution >= 0.6 is 0 Å². The largest absolute Gasteiger partial charge is 0.493 e. The second-order valence-electron chi connectivity index (χ2n) is 7.15. The summed E-state index contributed by atoms with van der Waals surface area (Å²) in [7, 11) is 0. The van der Waals surface area contributed by atoms with Crippen LogP contribution in [0.5, 0.6) is 17.2 Å². The molecule has 2 aromatic rings. The first-order valence-corrected chi connectivity index (χ1v) is 9.59. The second-order valence-corrected chi connectivity index (χ2v) is 7.15. The number of likely N-dealkylation sites (tertiary alicyclic amines) is 1. The molecule has 2 aromatic carbocycles. The molecule has 0 spiro atoms. The van der Waals surface area contributed by atoms with Gasteiger partial charge in [-0.3, -0.25) is 0 Å². The number of para-hydroxylation sites is 1. The first-order valence-electron chi connectivity index (χ1n) is 9.59. The van der Waals surface area contributed by atoms with Crippen LogP contribution in [0.3, 0.4) is 0 Å². The van der Waals surface area contributed by atoms with Gasteiger partial charge in [0.05, 0.1) is 26.2 Å². The van der Waals surface area contributed by atoms with Gasteiger partial charge in [0.25, 0.3) is 0 Å². The fourth-order valence-corrected chi connectivity index (χ4v) is 3.54. The van der Waals surface area contributed by atoms with E-state index in [1.807, 2.05) is 54.6 Å².